The van der Waals surface area contributed by atoms with Gasteiger partial charge in [-0.1, -0.05) is 17.7 Å². The number of aryl methyl sites for hydroxylation is 3. The Bertz CT molecular complexity index is 1140. The molecule has 0 spiro atoms. The van der Waals surface area contributed by atoms with Crippen molar-refractivity contribution in [3.05, 3.63) is 80.6 Å². The van der Waals surface area contributed by atoms with Gasteiger partial charge in [-0.05, 0) is 70.6 Å². The van der Waals surface area contributed by atoms with Gasteiger partial charge in [0.2, 0.25) is 5.91 Å². The van der Waals surface area contributed by atoms with Crippen LogP contribution in [0.4, 0.5) is 0 Å². The van der Waals surface area contributed by atoms with Crippen LogP contribution in [0.25, 0.3) is 0 Å². The molecule has 9 heteroatoms. The lowest BCUT2D eigenvalue weighted by Gasteiger charge is -2.39. The fraction of sp³-hybridized carbons (Fsp3) is 0.400. The highest BCUT2D eigenvalue weighted by Gasteiger charge is 2.35. The first-order valence-electron chi connectivity index (χ1n) is 11.6. The fourth-order valence-corrected chi connectivity index (χ4v) is 5.56. The highest BCUT2D eigenvalue weighted by atomic mass is 79.9. The van der Waals surface area contributed by atoms with E-state index in [9.17, 15) is 4.79 Å². The molecule has 2 N–H and O–H groups in total. The molecule has 178 valence electrons. The Labute approximate surface area is 213 Å². The van der Waals surface area contributed by atoms with Crippen molar-refractivity contribution in [2.24, 2.45) is 0 Å². The normalized spacial score (nSPS) is 20.3. The molecule has 0 bridgehead atoms. The van der Waals surface area contributed by atoms with Gasteiger partial charge in [0.05, 0.1) is 29.8 Å². The third kappa shape index (κ3) is 5.05. The number of amides is 1. The number of halogens is 2. The first-order chi connectivity index (χ1) is 16.5. The highest BCUT2D eigenvalue weighted by Crippen LogP contribution is 2.37. The smallest absolute Gasteiger partial charge is 0.238 e. The monoisotopic (exact) mass is 542 g/mol. The molecule has 1 amide bonds. The summed E-state index contributed by atoms with van der Waals surface area (Å²) in [7, 11) is 0. The minimum atomic E-state index is -0.281. The maximum atomic E-state index is 13.0. The third-order valence-electron chi connectivity index (χ3n) is 6.61. The molecule has 0 saturated carbocycles. The van der Waals surface area contributed by atoms with Crippen LogP contribution in [-0.2, 0) is 24.2 Å². The Morgan fingerprint density at radius 1 is 1.26 bits per heavy atom. The Hall–Kier alpha value is -2.26. The summed E-state index contributed by atoms with van der Waals surface area (Å²) in [5, 5.41) is 7.24. The molecule has 2 aromatic heterocycles. The first-order valence-corrected chi connectivity index (χ1v) is 12.8. The predicted octanol–water partition coefficient (Wildman–Crippen LogP) is 3.28. The molecule has 34 heavy (non-hydrogen) atoms. The summed E-state index contributed by atoms with van der Waals surface area (Å²) in [6.45, 7) is 5.41. The van der Waals surface area contributed by atoms with E-state index in [1.54, 1.807) is 6.33 Å². The van der Waals surface area contributed by atoms with Crippen LogP contribution in [0.2, 0.25) is 5.02 Å². The molecule has 1 aromatic carbocycles. The van der Waals surface area contributed by atoms with Crippen LogP contribution < -0.4 is 10.6 Å². The quantitative estimate of drug-likeness (QED) is 0.517. The van der Waals surface area contributed by atoms with Gasteiger partial charge in [-0.15, -0.1) is 0 Å². The van der Waals surface area contributed by atoms with Crippen molar-refractivity contribution in [1.82, 2.24) is 30.1 Å². The number of pyridine rings is 1. The van der Waals surface area contributed by atoms with E-state index in [0.29, 0.717) is 19.6 Å². The van der Waals surface area contributed by atoms with Crippen molar-refractivity contribution in [2.45, 2.75) is 38.4 Å². The van der Waals surface area contributed by atoms with Gasteiger partial charge in [0.25, 0.3) is 0 Å². The van der Waals surface area contributed by atoms with E-state index in [1.165, 1.54) is 16.7 Å². The fourth-order valence-electron chi connectivity index (χ4n) is 4.99. The van der Waals surface area contributed by atoms with Gasteiger partial charge in [-0.25, -0.2) is 4.98 Å². The van der Waals surface area contributed by atoms with E-state index >= 15 is 0 Å². The largest absolute Gasteiger partial charge is 0.353 e. The van der Waals surface area contributed by atoms with Crippen molar-refractivity contribution < 1.29 is 4.79 Å². The van der Waals surface area contributed by atoms with Crippen LogP contribution in [0, 0.1) is 6.92 Å². The molecule has 3 heterocycles. The van der Waals surface area contributed by atoms with E-state index in [4.69, 9.17) is 16.6 Å². The second kappa shape index (κ2) is 10.2. The minimum absolute atomic E-state index is 0.0100. The summed E-state index contributed by atoms with van der Waals surface area (Å²) in [5.41, 5.74) is 5.76. The SMILES string of the molecule is Cc1cn(CCNC(=O)[C@H]2CN(C3c4ccc(Cl)cc4CCc4cc(Br)cnc43)CCN2)cn1. The van der Waals surface area contributed by atoms with E-state index in [2.05, 4.69) is 54.6 Å². The second-order valence-electron chi connectivity index (χ2n) is 8.99. The summed E-state index contributed by atoms with van der Waals surface area (Å²) in [6, 6.07) is 8.05. The average molecular weight is 544 g/mol. The van der Waals surface area contributed by atoms with Gasteiger partial charge in [0.1, 0.15) is 0 Å². The number of fused-ring (bicyclic) bond motifs is 2. The molecule has 1 aliphatic heterocycles. The van der Waals surface area contributed by atoms with Crippen LogP contribution in [0.15, 0.2) is 47.5 Å². The molecular weight excluding hydrogens is 516 g/mol. The Balaban J connectivity index is 1.35. The molecule has 1 aliphatic carbocycles. The summed E-state index contributed by atoms with van der Waals surface area (Å²) >= 11 is 9.94. The molecule has 0 radical (unpaired) electrons. The number of nitrogens with zero attached hydrogens (tertiary/aromatic N) is 4. The van der Waals surface area contributed by atoms with Gasteiger partial charge in [-0.3, -0.25) is 14.7 Å². The topological polar surface area (TPSA) is 75.1 Å². The zero-order chi connectivity index (χ0) is 23.7. The van der Waals surface area contributed by atoms with Gasteiger partial charge >= 0.3 is 0 Å². The molecule has 2 aliphatic rings. The van der Waals surface area contributed by atoms with Gasteiger partial charge in [0, 0.05) is 54.6 Å². The van der Waals surface area contributed by atoms with Crippen LogP contribution in [0.5, 0.6) is 0 Å². The minimum Gasteiger partial charge on any atom is -0.353 e. The zero-order valence-corrected chi connectivity index (χ0v) is 21.4. The van der Waals surface area contributed by atoms with Crippen LogP contribution in [0.1, 0.15) is 34.1 Å². The number of nitrogens with one attached hydrogen (secondary N) is 2. The lowest BCUT2D eigenvalue weighted by Crippen LogP contribution is -2.58. The number of aromatic nitrogens is 3. The first kappa shape index (κ1) is 23.5. The van der Waals surface area contributed by atoms with Crippen LogP contribution >= 0.6 is 27.5 Å². The van der Waals surface area contributed by atoms with Gasteiger partial charge in [-0.2, -0.15) is 0 Å². The summed E-state index contributed by atoms with van der Waals surface area (Å²) in [6.07, 6.45) is 7.47. The van der Waals surface area contributed by atoms with Crippen molar-refractivity contribution in [3.8, 4) is 0 Å². The maximum absolute atomic E-state index is 13.0. The Kier molecular flexibility index (Phi) is 7.01. The molecule has 2 atom stereocenters. The number of hydrogen-bond donors (Lipinski definition) is 2. The number of carbonyl (C=O) groups excluding carboxylic acids is 1. The summed E-state index contributed by atoms with van der Waals surface area (Å²) in [4.78, 5) is 24.5. The highest BCUT2D eigenvalue weighted by molar-refractivity contribution is 9.10. The zero-order valence-electron chi connectivity index (χ0n) is 19.1. The number of piperazine rings is 1. The van der Waals surface area contributed by atoms with Crippen molar-refractivity contribution in [1.29, 1.82) is 0 Å². The number of hydrogen-bond acceptors (Lipinski definition) is 5. The lowest BCUT2D eigenvalue weighted by atomic mass is 9.95. The van der Waals surface area contributed by atoms with E-state index < -0.39 is 0 Å². The maximum Gasteiger partial charge on any atom is 0.238 e. The second-order valence-corrected chi connectivity index (χ2v) is 10.3. The van der Waals surface area contributed by atoms with Gasteiger partial charge < -0.3 is 15.2 Å². The average Bonchev–Trinajstić information content (AvgIpc) is 3.17. The lowest BCUT2D eigenvalue weighted by molar-refractivity contribution is -0.124. The van der Waals surface area contributed by atoms with Crippen molar-refractivity contribution in [2.75, 3.05) is 26.2 Å². The van der Waals surface area contributed by atoms with Crippen LogP contribution in [-0.4, -0.2) is 57.6 Å². The molecule has 1 fully saturated rings. The molecule has 1 unspecified atom stereocenters. The molecular formula is C25H28BrClN6O. The molecule has 5 rings (SSSR count). The number of carbonyl (C=O) groups is 1. The van der Waals surface area contributed by atoms with E-state index in [-0.39, 0.29) is 18.0 Å². The Morgan fingerprint density at radius 2 is 2.12 bits per heavy atom. The van der Waals surface area contributed by atoms with E-state index in [0.717, 1.165) is 46.8 Å². The third-order valence-corrected chi connectivity index (χ3v) is 7.28. The Morgan fingerprint density at radius 3 is 2.94 bits per heavy atom. The van der Waals surface area contributed by atoms with Crippen LogP contribution in [0.3, 0.4) is 0 Å². The van der Waals surface area contributed by atoms with Gasteiger partial charge in [0.15, 0.2) is 0 Å². The van der Waals surface area contributed by atoms with Crippen molar-refractivity contribution >= 4 is 33.4 Å². The molecule has 1 saturated heterocycles. The summed E-state index contributed by atoms with van der Waals surface area (Å²) < 4.78 is 2.98. The molecule has 3 aromatic rings. The summed E-state index contributed by atoms with van der Waals surface area (Å²) in [5.74, 6) is 0.0236. The standard InChI is InChI=1S/C25H28BrClN6O/c1-16-13-32(15-31-16)8-6-29-25(34)22-14-33(9-7-28-22)24-21-5-4-20(27)11-17(21)2-3-18-10-19(26)12-30-23(18)24/h4-5,10-13,15,22,24,28H,2-3,6-9,14H2,1H3,(H,29,34)/t22-,24?/m1/s1. The number of benzene rings is 1. The predicted molar refractivity (Wildman–Crippen MR) is 136 cm³/mol. The number of imidazole rings is 1. The molecule has 7 nitrogen and oxygen atoms in total. The van der Waals surface area contributed by atoms with E-state index in [1.807, 2.05) is 30.0 Å². The number of rotatable bonds is 5. The van der Waals surface area contributed by atoms with Crippen molar-refractivity contribution in [3.63, 3.8) is 0 Å².